The van der Waals surface area contributed by atoms with E-state index < -0.39 is 0 Å². The summed E-state index contributed by atoms with van der Waals surface area (Å²) in [5, 5.41) is 5.72. The lowest BCUT2D eigenvalue weighted by molar-refractivity contribution is -0.121. The normalized spacial score (nSPS) is 10.6. The fraction of sp³-hybridized carbons (Fsp3) is 0.211. The van der Waals surface area contributed by atoms with Crippen LogP contribution in [0.25, 0.3) is 10.7 Å². The minimum absolute atomic E-state index is 0.0802. The van der Waals surface area contributed by atoms with Crippen LogP contribution in [0, 0.1) is 5.82 Å². The van der Waals surface area contributed by atoms with E-state index >= 15 is 0 Å². The van der Waals surface area contributed by atoms with Gasteiger partial charge >= 0.3 is 0 Å². The molecule has 0 bridgehead atoms. The summed E-state index contributed by atoms with van der Waals surface area (Å²) in [6.45, 7) is 0.515. The lowest BCUT2D eigenvalue weighted by Crippen LogP contribution is -2.26. The van der Waals surface area contributed by atoms with Crippen molar-refractivity contribution in [3.05, 3.63) is 71.1 Å². The molecule has 0 spiro atoms. The Balaban J connectivity index is 1.43. The summed E-state index contributed by atoms with van der Waals surface area (Å²) in [4.78, 5) is 20.7. The van der Waals surface area contributed by atoms with Crippen molar-refractivity contribution in [3.8, 4) is 10.7 Å². The molecular weight excluding hydrogens is 337 g/mol. The lowest BCUT2D eigenvalue weighted by atomic mass is 10.1. The third-order valence-electron chi connectivity index (χ3n) is 3.72. The second-order valence-corrected chi connectivity index (χ2v) is 6.41. The van der Waals surface area contributed by atoms with Crippen LogP contribution in [0.2, 0.25) is 0 Å². The standard InChI is InChI=1S/C19H18FN3OS/c20-16-6-2-1-5-14(16)8-9-18(24)22-12-10-15-13-25-19(23-15)17-7-3-4-11-21-17/h1-7,11,13H,8-10,12H2,(H,22,24). The van der Waals surface area contributed by atoms with Crippen LogP contribution in [-0.2, 0) is 17.6 Å². The third kappa shape index (κ3) is 4.93. The van der Waals surface area contributed by atoms with Gasteiger partial charge in [0.15, 0.2) is 0 Å². The molecule has 25 heavy (non-hydrogen) atoms. The molecule has 2 heterocycles. The van der Waals surface area contributed by atoms with E-state index in [1.165, 1.54) is 6.07 Å². The van der Waals surface area contributed by atoms with E-state index in [9.17, 15) is 9.18 Å². The summed E-state index contributed by atoms with van der Waals surface area (Å²) < 4.78 is 13.5. The number of rotatable bonds is 7. The van der Waals surface area contributed by atoms with Crippen molar-refractivity contribution in [1.82, 2.24) is 15.3 Å². The molecule has 1 N–H and O–H groups in total. The van der Waals surface area contributed by atoms with E-state index in [0.717, 1.165) is 16.4 Å². The average molecular weight is 355 g/mol. The number of aromatic nitrogens is 2. The van der Waals surface area contributed by atoms with Crippen molar-refractivity contribution in [3.63, 3.8) is 0 Å². The Bertz CT molecular complexity index is 835. The molecule has 0 unspecified atom stereocenters. The number of hydrogen-bond acceptors (Lipinski definition) is 4. The van der Waals surface area contributed by atoms with Crippen LogP contribution in [0.1, 0.15) is 17.7 Å². The molecule has 4 nitrogen and oxygen atoms in total. The van der Waals surface area contributed by atoms with Crippen LogP contribution in [-0.4, -0.2) is 22.4 Å². The molecule has 0 saturated carbocycles. The number of aryl methyl sites for hydroxylation is 1. The monoisotopic (exact) mass is 355 g/mol. The largest absolute Gasteiger partial charge is 0.356 e. The predicted octanol–water partition coefficient (Wildman–Crippen LogP) is 3.64. The van der Waals surface area contributed by atoms with Gasteiger partial charge in [0.2, 0.25) is 5.91 Å². The van der Waals surface area contributed by atoms with Gasteiger partial charge < -0.3 is 5.32 Å². The number of nitrogens with zero attached hydrogens (tertiary/aromatic N) is 2. The van der Waals surface area contributed by atoms with Crippen LogP contribution in [0.4, 0.5) is 4.39 Å². The van der Waals surface area contributed by atoms with Crippen LogP contribution in [0.3, 0.4) is 0 Å². The van der Waals surface area contributed by atoms with Crippen molar-refractivity contribution in [1.29, 1.82) is 0 Å². The number of benzene rings is 1. The highest BCUT2D eigenvalue weighted by Crippen LogP contribution is 2.21. The van der Waals surface area contributed by atoms with Crippen molar-refractivity contribution >= 4 is 17.2 Å². The maximum atomic E-state index is 13.5. The van der Waals surface area contributed by atoms with Gasteiger partial charge in [0.1, 0.15) is 10.8 Å². The number of thiazole rings is 1. The Morgan fingerprint density at radius 2 is 1.96 bits per heavy atom. The van der Waals surface area contributed by atoms with Crippen molar-refractivity contribution in [2.75, 3.05) is 6.54 Å². The molecule has 0 fully saturated rings. The first kappa shape index (κ1) is 17.2. The van der Waals surface area contributed by atoms with Gasteiger partial charge in [-0.3, -0.25) is 9.78 Å². The van der Waals surface area contributed by atoms with Gasteiger partial charge in [-0.05, 0) is 30.2 Å². The Kier molecular flexibility index (Phi) is 5.85. The number of carbonyl (C=O) groups is 1. The molecule has 0 saturated heterocycles. The highest BCUT2D eigenvalue weighted by atomic mass is 32.1. The number of pyridine rings is 1. The van der Waals surface area contributed by atoms with Gasteiger partial charge in [-0.25, -0.2) is 9.37 Å². The van der Waals surface area contributed by atoms with Crippen LogP contribution < -0.4 is 5.32 Å². The zero-order valence-electron chi connectivity index (χ0n) is 13.6. The zero-order chi connectivity index (χ0) is 17.5. The van der Waals surface area contributed by atoms with E-state index in [-0.39, 0.29) is 18.1 Å². The second-order valence-electron chi connectivity index (χ2n) is 5.55. The fourth-order valence-corrected chi connectivity index (χ4v) is 3.23. The minimum Gasteiger partial charge on any atom is -0.356 e. The molecule has 1 aromatic carbocycles. The first-order chi connectivity index (χ1) is 12.2. The van der Waals surface area contributed by atoms with E-state index in [1.54, 1.807) is 35.7 Å². The fourth-order valence-electron chi connectivity index (χ4n) is 2.40. The Labute approximate surface area is 149 Å². The smallest absolute Gasteiger partial charge is 0.220 e. The first-order valence-corrected chi connectivity index (χ1v) is 8.96. The van der Waals surface area contributed by atoms with Gasteiger partial charge in [0.05, 0.1) is 11.4 Å². The molecule has 128 valence electrons. The first-order valence-electron chi connectivity index (χ1n) is 8.08. The van der Waals surface area contributed by atoms with Gasteiger partial charge in [-0.2, -0.15) is 0 Å². The topological polar surface area (TPSA) is 54.9 Å². The molecule has 3 rings (SSSR count). The van der Waals surface area contributed by atoms with Crippen LogP contribution >= 0.6 is 11.3 Å². The Hall–Kier alpha value is -2.60. The highest BCUT2D eigenvalue weighted by molar-refractivity contribution is 7.13. The molecule has 0 aliphatic rings. The molecule has 1 amide bonds. The van der Waals surface area contributed by atoms with Gasteiger partial charge in [-0.15, -0.1) is 11.3 Å². The number of nitrogens with one attached hydrogen (secondary N) is 1. The van der Waals surface area contributed by atoms with E-state index in [2.05, 4.69) is 15.3 Å². The average Bonchev–Trinajstić information content (AvgIpc) is 3.11. The summed E-state index contributed by atoms with van der Waals surface area (Å²) in [5.74, 6) is -0.344. The summed E-state index contributed by atoms with van der Waals surface area (Å²) in [6.07, 6.45) is 3.08. The Morgan fingerprint density at radius 3 is 2.76 bits per heavy atom. The number of hydrogen-bond donors (Lipinski definition) is 1. The number of carbonyl (C=O) groups excluding carboxylic acids is 1. The lowest BCUT2D eigenvalue weighted by Gasteiger charge is -2.05. The van der Waals surface area contributed by atoms with Crippen LogP contribution in [0.5, 0.6) is 0 Å². The molecule has 2 aromatic heterocycles. The number of halogens is 1. The van der Waals surface area contributed by atoms with Gasteiger partial charge in [0.25, 0.3) is 0 Å². The summed E-state index contributed by atoms with van der Waals surface area (Å²) in [6, 6.07) is 12.3. The molecule has 0 aliphatic heterocycles. The maximum Gasteiger partial charge on any atom is 0.220 e. The Morgan fingerprint density at radius 1 is 1.12 bits per heavy atom. The second kappa shape index (κ2) is 8.48. The van der Waals surface area contributed by atoms with Crippen LogP contribution in [0.15, 0.2) is 54.0 Å². The van der Waals surface area contributed by atoms with Crippen molar-refractivity contribution in [2.45, 2.75) is 19.3 Å². The van der Waals surface area contributed by atoms with Crippen molar-refractivity contribution in [2.24, 2.45) is 0 Å². The summed E-state index contributed by atoms with van der Waals surface area (Å²) in [5.41, 5.74) is 2.35. The zero-order valence-corrected chi connectivity index (χ0v) is 14.4. The quantitative estimate of drug-likeness (QED) is 0.704. The molecule has 6 heteroatoms. The molecule has 3 aromatic rings. The molecule has 0 atom stereocenters. The van der Waals surface area contributed by atoms with E-state index in [4.69, 9.17) is 0 Å². The van der Waals surface area contributed by atoms with E-state index in [0.29, 0.717) is 24.9 Å². The summed E-state index contributed by atoms with van der Waals surface area (Å²) >= 11 is 1.54. The third-order valence-corrected chi connectivity index (χ3v) is 4.63. The molecule has 0 radical (unpaired) electrons. The maximum absolute atomic E-state index is 13.5. The van der Waals surface area contributed by atoms with Gasteiger partial charge in [-0.1, -0.05) is 24.3 Å². The SMILES string of the molecule is O=C(CCc1ccccc1F)NCCc1csc(-c2ccccn2)n1. The minimum atomic E-state index is -0.264. The molecular formula is C19H18FN3OS. The van der Waals surface area contributed by atoms with Crippen molar-refractivity contribution < 1.29 is 9.18 Å². The number of amides is 1. The van der Waals surface area contributed by atoms with E-state index in [1.807, 2.05) is 23.6 Å². The van der Waals surface area contributed by atoms with Gasteiger partial charge in [0, 0.05) is 31.0 Å². The molecule has 0 aliphatic carbocycles. The predicted molar refractivity (Wildman–Crippen MR) is 96.8 cm³/mol. The highest BCUT2D eigenvalue weighted by Gasteiger charge is 2.08. The summed E-state index contributed by atoms with van der Waals surface area (Å²) in [7, 11) is 0.